The molecule has 2 heterocycles. The van der Waals surface area contributed by atoms with Crippen LogP contribution >= 0.6 is 11.3 Å². The van der Waals surface area contributed by atoms with Crippen molar-refractivity contribution in [3.63, 3.8) is 0 Å². The molecule has 0 spiro atoms. The molecule has 1 aromatic heterocycles. The number of hydrogen-bond acceptors (Lipinski definition) is 3. The van der Waals surface area contributed by atoms with E-state index in [2.05, 4.69) is 40.9 Å². The van der Waals surface area contributed by atoms with Crippen molar-refractivity contribution in [2.24, 2.45) is 5.92 Å². The van der Waals surface area contributed by atoms with Crippen LogP contribution in [0.15, 0.2) is 16.8 Å². The van der Waals surface area contributed by atoms with E-state index in [1.165, 1.54) is 50.9 Å². The van der Waals surface area contributed by atoms with Crippen LogP contribution in [0.4, 0.5) is 0 Å². The van der Waals surface area contributed by atoms with Crippen LogP contribution in [-0.4, -0.2) is 36.1 Å². The summed E-state index contributed by atoms with van der Waals surface area (Å²) in [6.45, 7) is 8.51. The average molecular weight is 278 g/mol. The fourth-order valence-corrected chi connectivity index (χ4v) is 4.14. The molecule has 3 rings (SSSR count). The highest BCUT2D eigenvalue weighted by molar-refractivity contribution is 7.07. The Kier molecular flexibility index (Phi) is 3.97. The van der Waals surface area contributed by atoms with Crippen LogP contribution in [0.2, 0.25) is 0 Å². The first-order valence-corrected chi connectivity index (χ1v) is 8.62. The zero-order valence-electron chi connectivity index (χ0n) is 12.2. The SMILES string of the molecule is CC(Cc1ccsc1)N1CCCNC(C)(C2CC2)C1. The summed E-state index contributed by atoms with van der Waals surface area (Å²) < 4.78 is 0. The Morgan fingerprint density at radius 1 is 1.53 bits per heavy atom. The van der Waals surface area contributed by atoms with E-state index in [0.29, 0.717) is 11.6 Å². The largest absolute Gasteiger partial charge is 0.310 e. The summed E-state index contributed by atoms with van der Waals surface area (Å²) in [5.41, 5.74) is 1.86. The predicted molar refractivity (Wildman–Crippen MR) is 82.8 cm³/mol. The van der Waals surface area contributed by atoms with Gasteiger partial charge in [-0.1, -0.05) is 0 Å². The zero-order chi connectivity index (χ0) is 13.3. The minimum Gasteiger partial charge on any atom is -0.310 e. The summed E-state index contributed by atoms with van der Waals surface area (Å²) in [7, 11) is 0. The quantitative estimate of drug-likeness (QED) is 0.910. The Hall–Kier alpha value is -0.380. The summed E-state index contributed by atoms with van der Waals surface area (Å²) in [4.78, 5) is 2.72. The van der Waals surface area contributed by atoms with Crippen LogP contribution in [0.25, 0.3) is 0 Å². The molecular formula is C16H26N2S. The second-order valence-corrected chi connectivity index (χ2v) is 7.41. The van der Waals surface area contributed by atoms with Gasteiger partial charge in [-0.25, -0.2) is 0 Å². The normalized spacial score (nSPS) is 31.1. The fraction of sp³-hybridized carbons (Fsp3) is 0.750. The van der Waals surface area contributed by atoms with E-state index < -0.39 is 0 Å². The Bertz CT molecular complexity index is 399. The number of rotatable bonds is 4. The van der Waals surface area contributed by atoms with Crippen LogP contribution < -0.4 is 5.32 Å². The molecule has 1 saturated heterocycles. The van der Waals surface area contributed by atoms with Crippen LogP contribution in [-0.2, 0) is 6.42 Å². The van der Waals surface area contributed by atoms with Gasteiger partial charge in [-0.15, -0.1) is 0 Å². The molecule has 3 heteroatoms. The number of nitrogens with zero attached hydrogens (tertiary/aromatic N) is 1. The standard InChI is InChI=1S/C16H26N2S/c1-13(10-14-6-9-19-11-14)18-8-3-7-17-16(2,12-18)15-4-5-15/h6,9,11,13,15,17H,3-5,7-8,10,12H2,1-2H3. The molecule has 1 aliphatic heterocycles. The summed E-state index contributed by atoms with van der Waals surface area (Å²) in [5, 5.41) is 8.32. The summed E-state index contributed by atoms with van der Waals surface area (Å²) >= 11 is 1.82. The molecule has 2 aliphatic rings. The predicted octanol–water partition coefficient (Wildman–Crippen LogP) is 3.14. The first-order chi connectivity index (χ1) is 9.17. The lowest BCUT2D eigenvalue weighted by Gasteiger charge is -2.37. The van der Waals surface area contributed by atoms with Gasteiger partial charge in [0.1, 0.15) is 0 Å². The molecular weight excluding hydrogens is 252 g/mol. The average Bonchev–Trinajstić information content (AvgIpc) is 3.16. The molecule has 2 atom stereocenters. The lowest BCUT2D eigenvalue weighted by Crippen LogP contribution is -2.52. The van der Waals surface area contributed by atoms with E-state index in [4.69, 9.17) is 0 Å². The van der Waals surface area contributed by atoms with Crippen molar-refractivity contribution in [3.8, 4) is 0 Å². The molecule has 1 aliphatic carbocycles. The maximum atomic E-state index is 3.82. The number of thiophene rings is 1. The van der Waals surface area contributed by atoms with E-state index in [1.807, 2.05) is 11.3 Å². The Morgan fingerprint density at radius 2 is 2.37 bits per heavy atom. The Morgan fingerprint density at radius 3 is 3.05 bits per heavy atom. The van der Waals surface area contributed by atoms with Crippen molar-refractivity contribution in [1.82, 2.24) is 10.2 Å². The van der Waals surface area contributed by atoms with Crippen molar-refractivity contribution < 1.29 is 0 Å². The highest BCUT2D eigenvalue weighted by atomic mass is 32.1. The van der Waals surface area contributed by atoms with E-state index in [1.54, 1.807) is 0 Å². The lowest BCUT2D eigenvalue weighted by molar-refractivity contribution is 0.158. The first-order valence-electron chi connectivity index (χ1n) is 7.67. The third kappa shape index (κ3) is 3.21. The van der Waals surface area contributed by atoms with Crippen LogP contribution in [0.5, 0.6) is 0 Å². The molecule has 0 bridgehead atoms. The highest BCUT2D eigenvalue weighted by Crippen LogP contribution is 2.40. The Balaban J connectivity index is 1.64. The van der Waals surface area contributed by atoms with Gasteiger partial charge in [-0.05, 0) is 80.9 Å². The molecule has 1 aromatic rings. The summed E-state index contributed by atoms with van der Waals surface area (Å²) in [6.07, 6.45) is 5.34. The van der Waals surface area contributed by atoms with Gasteiger partial charge in [0.05, 0.1) is 0 Å². The molecule has 2 fully saturated rings. The molecule has 1 saturated carbocycles. The van der Waals surface area contributed by atoms with E-state index in [9.17, 15) is 0 Å². The van der Waals surface area contributed by atoms with Crippen molar-refractivity contribution in [2.75, 3.05) is 19.6 Å². The second kappa shape index (κ2) is 5.55. The van der Waals surface area contributed by atoms with Gasteiger partial charge in [0.25, 0.3) is 0 Å². The summed E-state index contributed by atoms with van der Waals surface area (Å²) in [6, 6.07) is 2.93. The summed E-state index contributed by atoms with van der Waals surface area (Å²) in [5.74, 6) is 0.918. The van der Waals surface area contributed by atoms with Crippen LogP contribution in [0.3, 0.4) is 0 Å². The molecule has 0 radical (unpaired) electrons. The Labute approximate surface area is 121 Å². The maximum Gasteiger partial charge on any atom is 0.0308 e. The van der Waals surface area contributed by atoms with E-state index in [0.717, 1.165) is 5.92 Å². The molecule has 2 unspecified atom stereocenters. The van der Waals surface area contributed by atoms with Gasteiger partial charge in [0.15, 0.2) is 0 Å². The van der Waals surface area contributed by atoms with Crippen molar-refractivity contribution >= 4 is 11.3 Å². The van der Waals surface area contributed by atoms with Crippen molar-refractivity contribution in [1.29, 1.82) is 0 Å². The van der Waals surface area contributed by atoms with Gasteiger partial charge in [-0.3, -0.25) is 4.90 Å². The zero-order valence-corrected chi connectivity index (χ0v) is 13.0. The molecule has 19 heavy (non-hydrogen) atoms. The molecule has 106 valence electrons. The second-order valence-electron chi connectivity index (χ2n) is 6.63. The smallest absolute Gasteiger partial charge is 0.0308 e. The lowest BCUT2D eigenvalue weighted by atomic mass is 9.94. The van der Waals surface area contributed by atoms with Gasteiger partial charge >= 0.3 is 0 Å². The molecule has 1 N–H and O–H groups in total. The minimum atomic E-state index is 0.361. The molecule has 0 aromatic carbocycles. The van der Waals surface area contributed by atoms with Gasteiger partial charge in [0, 0.05) is 18.1 Å². The number of hydrogen-bond donors (Lipinski definition) is 1. The monoisotopic (exact) mass is 278 g/mol. The van der Waals surface area contributed by atoms with E-state index >= 15 is 0 Å². The maximum absolute atomic E-state index is 3.82. The van der Waals surface area contributed by atoms with E-state index in [-0.39, 0.29) is 0 Å². The van der Waals surface area contributed by atoms with Crippen LogP contribution in [0, 0.1) is 5.92 Å². The number of nitrogens with one attached hydrogen (secondary N) is 1. The van der Waals surface area contributed by atoms with Crippen molar-refractivity contribution in [3.05, 3.63) is 22.4 Å². The topological polar surface area (TPSA) is 15.3 Å². The van der Waals surface area contributed by atoms with Crippen LogP contribution in [0.1, 0.15) is 38.7 Å². The molecule has 0 amide bonds. The third-order valence-electron chi connectivity index (χ3n) is 4.90. The van der Waals surface area contributed by atoms with Gasteiger partial charge in [0.2, 0.25) is 0 Å². The fourth-order valence-electron chi connectivity index (χ4n) is 3.46. The van der Waals surface area contributed by atoms with Gasteiger partial charge in [-0.2, -0.15) is 11.3 Å². The first kappa shape index (κ1) is 13.6. The highest BCUT2D eigenvalue weighted by Gasteiger charge is 2.43. The van der Waals surface area contributed by atoms with Gasteiger partial charge < -0.3 is 5.32 Å². The third-order valence-corrected chi connectivity index (χ3v) is 5.63. The van der Waals surface area contributed by atoms with Crippen molar-refractivity contribution in [2.45, 2.75) is 51.1 Å². The minimum absolute atomic E-state index is 0.361. The molecule has 2 nitrogen and oxygen atoms in total.